The molecule has 4 N–H and O–H groups in total. The van der Waals surface area contributed by atoms with Gasteiger partial charge in [0.1, 0.15) is 23.1 Å². The Hall–Kier alpha value is -3.93. The minimum atomic E-state index is -4.92. The lowest BCUT2D eigenvalue weighted by Crippen LogP contribution is -2.55. The van der Waals surface area contributed by atoms with Crippen LogP contribution in [0.5, 0.6) is 5.75 Å². The van der Waals surface area contributed by atoms with E-state index in [1.165, 1.54) is 25.3 Å². The number of urea groups is 1. The van der Waals surface area contributed by atoms with Gasteiger partial charge in [0.15, 0.2) is 0 Å². The fourth-order valence-electron chi connectivity index (χ4n) is 3.62. The smallest absolute Gasteiger partial charge is 0.428 e. The third-order valence-electron chi connectivity index (χ3n) is 5.45. The van der Waals surface area contributed by atoms with Gasteiger partial charge in [-0.2, -0.15) is 17.6 Å². The molecule has 38 heavy (non-hydrogen) atoms. The number of carbonyl (C=O) groups is 2. The molecule has 202 valence electrons. The van der Waals surface area contributed by atoms with Crippen molar-refractivity contribution in [3.63, 3.8) is 0 Å². The van der Waals surface area contributed by atoms with Crippen LogP contribution in [0.15, 0.2) is 66.9 Å². The van der Waals surface area contributed by atoms with Gasteiger partial charge in [-0.3, -0.25) is 9.78 Å². The van der Waals surface area contributed by atoms with Gasteiger partial charge in [0.05, 0.1) is 10.7 Å². The lowest BCUT2D eigenvalue weighted by atomic mass is 9.80. The molecule has 2 aromatic carbocycles. The van der Waals surface area contributed by atoms with E-state index in [-0.39, 0.29) is 22.7 Å². The number of pyridine rings is 1. The Morgan fingerprint density at radius 3 is 2.37 bits per heavy atom. The summed E-state index contributed by atoms with van der Waals surface area (Å²) in [5.41, 5.74) is 3.89. The number of carbonyl (C=O) groups excluding carboxylic acids is 2. The van der Waals surface area contributed by atoms with Crippen LogP contribution in [-0.4, -0.2) is 35.5 Å². The van der Waals surface area contributed by atoms with Crippen LogP contribution in [0, 0.1) is 5.82 Å². The first-order valence-electron chi connectivity index (χ1n) is 11.0. The standard InChI is InChI=1S/C25H22ClF5N4O3/c1-14(21(32)36)34-23(37)35-24(12-15-5-3-2-4-6-15,20-8-7-17(26)13-33-20)16-9-18(27)11-19(10-16)38-25(30,31)22(28)29/h2-11,13-14,22H,12H2,1H3,(H2,32,36)(H2,34,35,37)/t14-,24+/m1/s1. The normalized spacial score (nSPS) is 13.9. The van der Waals surface area contributed by atoms with E-state index in [0.717, 1.165) is 12.1 Å². The van der Waals surface area contributed by atoms with Crippen LogP contribution in [0.3, 0.4) is 0 Å². The molecule has 0 saturated heterocycles. The van der Waals surface area contributed by atoms with Gasteiger partial charge in [0.2, 0.25) is 5.91 Å². The Kier molecular flexibility index (Phi) is 8.77. The van der Waals surface area contributed by atoms with Crippen LogP contribution < -0.4 is 21.1 Å². The van der Waals surface area contributed by atoms with Gasteiger partial charge in [-0.25, -0.2) is 9.18 Å². The summed E-state index contributed by atoms with van der Waals surface area (Å²) in [6, 6.07) is 11.5. The van der Waals surface area contributed by atoms with Crippen molar-refractivity contribution in [2.45, 2.75) is 37.5 Å². The molecule has 2 atom stereocenters. The number of alkyl halides is 4. The lowest BCUT2D eigenvalue weighted by molar-refractivity contribution is -0.253. The summed E-state index contributed by atoms with van der Waals surface area (Å²) in [6.45, 7) is 1.32. The molecule has 0 saturated carbocycles. The van der Waals surface area contributed by atoms with Crippen molar-refractivity contribution in [1.82, 2.24) is 15.6 Å². The Morgan fingerprint density at radius 1 is 1.11 bits per heavy atom. The second-order valence-electron chi connectivity index (χ2n) is 8.29. The van der Waals surface area contributed by atoms with Crippen LogP contribution in [-0.2, 0) is 16.8 Å². The first-order valence-corrected chi connectivity index (χ1v) is 11.4. The predicted molar refractivity (Wildman–Crippen MR) is 128 cm³/mol. The van der Waals surface area contributed by atoms with Gasteiger partial charge in [-0.1, -0.05) is 41.9 Å². The van der Waals surface area contributed by atoms with Crippen molar-refractivity contribution >= 4 is 23.5 Å². The maximum Gasteiger partial charge on any atom is 0.461 e. The fraction of sp³-hybridized carbons (Fsp3) is 0.240. The van der Waals surface area contributed by atoms with Crippen molar-refractivity contribution in [3.8, 4) is 5.75 Å². The number of nitrogens with one attached hydrogen (secondary N) is 2. The highest BCUT2D eigenvalue weighted by atomic mass is 35.5. The summed E-state index contributed by atoms with van der Waals surface area (Å²) in [4.78, 5) is 28.8. The first kappa shape index (κ1) is 28.6. The fourth-order valence-corrected chi connectivity index (χ4v) is 3.73. The monoisotopic (exact) mass is 556 g/mol. The molecule has 0 spiro atoms. The largest absolute Gasteiger partial charge is 0.461 e. The Morgan fingerprint density at radius 2 is 1.79 bits per heavy atom. The first-order chi connectivity index (χ1) is 17.8. The Bertz CT molecular complexity index is 1280. The third kappa shape index (κ3) is 6.88. The number of primary amides is 1. The molecule has 0 radical (unpaired) electrons. The minimum Gasteiger partial charge on any atom is -0.428 e. The summed E-state index contributed by atoms with van der Waals surface area (Å²) in [7, 11) is 0. The summed E-state index contributed by atoms with van der Waals surface area (Å²) in [5, 5.41) is 5.18. The molecule has 0 aliphatic heterocycles. The Balaban J connectivity index is 2.24. The molecule has 7 nitrogen and oxygen atoms in total. The molecule has 1 heterocycles. The summed E-state index contributed by atoms with van der Waals surface area (Å²) in [6.07, 6.45) is -8.01. The molecule has 0 unspecified atom stereocenters. The van der Waals surface area contributed by atoms with Crippen LogP contribution in [0.1, 0.15) is 23.7 Å². The molecule has 0 bridgehead atoms. The van der Waals surface area contributed by atoms with E-state index in [4.69, 9.17) is 17.3 Å². The zero-order valence-corrected chi connectivity index (χ0v) is 20.5. The highest BCUT2D eigenvalue weighted by Crippen LogP contribution is 2.37. The van der Waals surface area contributed by atoms with Crippen LogP contribution >= 0.6 is 11.6 Å². The highest BCUT2D eigenvalue weighted by molar-refractivity contribution is 6.30. The van der Waals surface area contributed by atoms with Crippen LogP contribution in [0.25, 0.3) is 0 Å². The van der Waals surface area contributed by atoms with Crippen molar-refractivity contribution in [2.75, 3.05) is 0 Å². The lowest BCUT2D eigenvalue weighted by Gasteiger charge is -2.36. The van der Waals surface area contributed by atoms with Gasteiger partial charge in [0, 0.05) is 18.7 Å². The van der Waals surface area contributed by atoms with E-state index in [1.807, 2.05) is 0 Å². The number of ether oxygens (including phenoxy) is 1. The number of hydrogen-bond acceptors (Lipinski definition) is 4. The highest BCUT2D eigenvalue weighted by Gasteiger charge is 2.45. The molecule has 0 aliphatic carbocycles. The molecular weight excluding hydrogens is 535 g/mol. The van der Waals surface area contributed by atoms with E-state index < -0.39 is 47.6 Å². The van der Waals surface area contributed by atoms with E-state index in [0.29, 0.717) is 11.6 Å². The summed E-state index contributed by atoms with van der Waals surface area (Å²) < 4.78 is 71.9. The average molecular weight is 557 g/mol. The number of nitrogens with two attached hydrogens (primary N) is 1. The maximum absolute atomic E-state index is 14.8. The van der Waals surface area contributed by atoms with Crippen LogP contribution in [0.2, 0.25) is 5.02 Å². The van der Waals surface area contributed by atoms with Gasteiger partial charge in [0.25, 0.3) is 0 Å². The number of benzene rings is 2. The zero-order valence-electron chi connectivity index (χ0n) is 19.7. The predicted octanol–water partition coefficient (Wildman–Crippen LogP) is 4.77. The summed E-state index contributed by atoms with van der Waals surface area (Å²) in [5.74, 6) is -2.90. The second-order valence-corrected chi connectivity index (χ2v) is 8.73. The van der Waals surface area contributed by atoms with E-state index >= 15 is 0 Å². The van der Waals surface area contributed by atoms with Gasteiger partial charge < -0.3 is 21.1 Å². The molecule has 3 aromatic rings. The Labute approximate surface area is 219 Å². The topological polar surface area (TPSA) is 106 Å². The van der Waals surface area contributed by atoms with Crippen LogP contribution in [0.4, 0.5) is 26.7 Å². The SMILES string of the molecule is C[C@@H](NC(=O)N[C@@](Cc1ccccc1)(c1cc(F)cc(OC(F)(F)C(F)F)c1)c1ccc(Cl)cn1)C(N)=O. The number of hydrogen-bond donors (Lipinski definition) is 3. The van der Waals surface area contributed by atoms with Crippen molar-refractivity contribution in [1.29, 1.82) is 0 Å². The van der Waals surface area contributed by atoms with E-state index in [2.05, 4.69) is 20.4 Å². The number of halogens is 6. The quantitative estimate of drug-likeness (QED) is 0.313. The van der Waals surface area contributed by atoms with Crippen molar-refractivity contribution < 1.29 is 36.3 Å². The van der Waals surface area contributed by atoms with E-state index in [9.17, 15) is 31.5 Å². The van der Waals surface area contributed by atoms with E-state index in [1.54, 1.807) is 30.3 Å². The molecule has 3 amide bonds. The molecule has 0 fully saturated rings. The molecule has 0 aliphatic rings. The average Bonchev–Trinajstić information content (AvgIpc) is 2.83. The molecule has 3 rings (SSSR count). The molecule has 1 aromatic heterocycles. The minimum absolute atomic E-state index is 0.0739. The van der Waals surface area contributed by atoms with Crippen molar-refractivity contribution in [3.05, 3.63) is 94.5 Å². The number of amides is 3. The maximum atomic E-state index is 14.8. The third-order valence-corrected chi connectivity index (χ3v) is 5.67. The number of aromatic nitrogens is 1. The number of nitrogens with zero attached hydrogens (tertiary/aromatic N) is 1. The molecule has 13 heteroatoms. The zero-order chi connectivity index (χ0) is 28.1. The van der Waals surface area contributed by atoms with Gasteiger partial charge in [-0.05, 0) is 42.3 Å². The second kappa shape index (κ2) is 11.6. The van der Waals surface area contributed by atoms with Gasteiger partial charge in [-0.15, -0.1) is 0 Å². The van der Waals surface area contributed by atoms with Crippen molar-refractivity contribution in [2.24, 2.45) is 5.73 Å². The number of rotatable bonds is 10. The van der Waals surface area contributed by atoms with Gasteiger partial charge >= 0.3 is 18.6 Å². The molecular formula is C25H22ClF5N4O3. The summed E-state index contributed by atoms with van der Waals surface area (Å²) >= 11 is 5.98.